The van der Waals surface area contributed by atoms with Gasteiger partial charge in [-0.1, -0.05) is 0 Å². The monoisotopic (exact) mass is 324 g/mol. The summed E-state index contributed by atoms with van der Waals surface area (Å²) in [6, 6.07) is 12.4. The van der Waals surface area contributed by atoms with Gasteiger partial charge in [0.25, 0.3) is 5.91 Å². The van der Waals surface area contributed by atoms with Gasteiger partial charge in [0.1, 0.15) is 0 Å². The molecule has 0 bridgehead atoms. The van der Waals surface area contributed by atoms with Gasteiger partial charge in [0.05, 0.1) is 0 Å². The summed E-state index contributed by atoms with van der Waals surface area (Å²) in [6.45, 7) is 0.929. The van der Waals surface area contributed by atoms with Gasteiger partial charge >= 0.3 is 0 Å². The topological polar surface area (TPSA) is 67.9 Å². The van der Waals surface area contributed by atoms with E-state index in [2.05, 4.69) is 5.32 Å². The lowest BCUT2D eigenvalue weighted by molar-refractivity contribution is -0.117. The Balaban J connectivity index is 1.47. The molecule has 2 heterocycles. The molecule has 2 aliphatic rings. The molecule has 0 spiro atoms. The smallest absolute Gasteiger partial charge is 0.255 e. The maximum atomic E-state index is 12.3. The van der Waals surface area contributed by atoms with Crippen molar-refractivity contribution in [3.8, 4) is 11.5 Å². The van der Waals surface area contributed by atoms with E-state index in [1.54, 1.807) is 35.2 Å². The largest absolute Gasteiger partial charge is 0.454 e. The van der Waals surface area contributed by atoms with Crippen molar-refractivity contribution >= 4 is 23.2 Å². The molecule has 6 nitrogen and oxygen atoms in total. The highest BCUT2D eigenvalue weighted by atomic mass is 16.7. The Kier molecular flexibility index (Phi) is 3.57. The Morgan fingerprint density at radius 2 is 1.83 bits per heavy atom. The molecule has 0 aliphatic carbocycles. The minimum Gasteiger partial charge on any atom is -0.454 e. The van der Waals surface area contributed by atoms with Crippen LogP contribution in [0.5, 0.6) is 11.5 Å². The first-order chi connectivity index (χ1) is 11.7. The Hall–Kier alpha value is -3.02. The highest BCUT2D eigenvalue weighted by Crippen LogP contribution is 2.32. The minimum atomic E-state index is -0.224. The van der Waals surface area contributed by atoms with Gasteiger partial charge in [0, 0.05) is 29.9 Å². The van der Waals surface area contributed by atoms with Crippen LogP contribution in [0, 0.1) is 0 Å². The number of benzene rings is 2. The molecule has 0 aromatic heterocycles. The Morgan fingerprint density at radius 3 is 2.58 bits per heavy atom. The molecule has 2 aliphatic heterocycles. The van der Waals surface area contributed by atoms with Crippen LogP contribution >= 0.6 is 0 Å². The van der Waals surface area contributed by atoms with E-state index in [1.165, 1.54) is 0 Å². The lowest BCUT2D eigenvalue weighted by atomic mass is 10.2. The first kappa shape index (κ1) is 14.6. The van der Waals surface area contributed by atoms with Crippen molar-refractivity contribution in [2.45, 2.75) is 12.8 Å². The van der Waals surface area contributed by atoms with Crippen LogP contribution in [-0.2, 0) is 4.79 Å². The van der Waals surface area contributed by atoms with E-state index < -0.39 is 0 Å². The van der Waals surface area contributed by atoms with Crippen molar-refractivity contribution < 1.29 is 19.1 Å². The Morgan fingerprint density at radius 1 is 1.04 bits per heavy atom. The van der Waals surface area contributed by atoms with Gasteiger partial charge in [0.15, 0.2) is 11.5 Å². The molecule has 0 radical (unpaired) electrons. The van der Waals surface area contributed by atoms with E-state index >= 15 is 0 Å². The zero-order valence-corrected chi connectivity index (χ0v) is 13.0. The van der Waals surface area contributed by atoms with E-state index in [0.29, 0.717) is 29.2 Å². The summed E-state index contributed by atoms with van der Waals surface area (Å²) in [7, 11) is 0. The van der Waals surface area contributed by atoms with Gasteiger partial charge in [-0.05, 0) is 48.9 Å². The zero-order valence-electron chi connectivity index (χ0n) is 13.0. The normalized spacial score (nSPS) is 15.7. The number of nitrogens with zero attached hydrogens (tertiary/aromatic N) is 1. The van der Waals surface area contributed by atoms with Gasteiger partial charge in [-0.25, -0.2) is 0 Å². The number of hydrogen-bond donors (Lipinski definition) is 1. The van der Waals surface area contributed by atoms with Crippen LogP contribution in [0.1, 0.15) is 23.2 Å². The van der Waals surface area contributed by atoms with E-state index in [0.717, 1.165) is 18.7 Å². The number of carbonyl (C=O) groups excluding carboxylic acids is 2. The average molecular weight is 324 g/mol. The second-order valence-corrected chi connectivity index (χ2v) is 5.72. The molecular weight excluding hydrogens is 308 g/mol. The van der Waals surface area contributed by atoms with E-state index in [-0.39, 0.29) is 18.6 Å². The molecule has 2 amide bonds. The van der Waals surface area contributed by atoms with Crippen molar-refractivity contribution in [3.63, 3.8) is 0 Å². The molecule has 1 saturated heterocycles. The third-order valence-electron chi connectivity index (χ3n) is 4.15. The predicted octanol–water partition coefficient (Wildman–Crippen LogP) is 2.79. The van der Waals surface area contributed by atoms with E-state index in [1.807, 2.05) is 12.1 Å². The van der Waals surface area contributed by atoms with Gasteiger partial charge in [0.2, 0.25) is 12.7 Å². The molecule has 0 unspecified atom stereocenters. The van der Waals surface area contributed by atoms with Crippen LogP contribution in [-0.4, -0.2) is 25.2 Å². The SMILES string of the molecule is O=C(Nc1ccc(N2CCCC2=O)cc1)c1ccc2c(c1)OCO2. The summed E-state index contributed by atoms with van der Waals surface area (Å²) in [5.41, 5.74) is 2.03. The first-order valence-corrected chi connectivity index (χ1v) is 7.82. The minimum absolute atomic E-state index is 0.146. The molecule has 1 fully saturated rings. The Labute approximate surface area is 139 Å². The number of fused-ring (bicyclic) bond motifs is 1. The summed E-state index contributed by atoms with van der Waals surface area (Å²) < 4.78 is 10.5. The molecule has 2 aromatic carbocycles. The number of carbonyl (C=O) groups is 2. The van der Waals surface area contributed by atoms with Gasteiger partial charge < -0.3 is 19.7 Å². The number of hydrogen-bond acceptors (Lipinski definition) is 4. The van der Waals surface area contributed by atoms with Gasteiger partial charge in [-0.3, -0.25) is 9.59 Å². The fourth-order valence-corrected chi connectivity index (χ4v) is 2.89. The van der Waals surface area contributed by atoms with Crippen molar-refractivity contribution in [2.75, 3.05) is 23.6 Å². The standard InChI is InChI=1S/C18H16N2O4/c21-17-2-1-9-20(17)14-6-4-13(5-7-14)19-18(22)12-3-8-15-16(10-12)24-11-23-15/h3-8,10H,1-2,9,11H2,(H,19,22). The fraction of sp³-hybridized carbons (Fsp3) is 0.222. The van der Waals surface area contributed by atoms with Crippen LogP contribution in [0.4, 0.5) is 11.4 Å². The quantitative estimate of drug-likeness (QED) is 0.943. The molecule has 0 saturated carbocycles. The lowest BCUT2D eigenvalue weighted by Crippen LogP contribution is -2.23. The third-order valence-corrected chi connectivity index (χ3v) is 4.15. The van der Waals surface area contributed by atoms with Gasteiger partial charge in [-0.15, -0.1) is 0 Å². The summed E-state index contributed by atoms with van der Waals surface area (Å²) in [6.07, 6.45) is 1.49. The van der Waals surface area contributed by atoms with Crippen LogP contribution in [0.2, 0.25) is 0 Å². The lowest BCUT2D eigenvalue weighted by Gasteiger charge is -2.16. The maximum Gasteiger partial charge on any atom is 0.255 e. The summed E-state index contributed by atoms with van der Waals surface area (Å²) >= 11 is 0. The number of nitrogens with one attached hydrogen (secondary N) is 1. The Bertz CT molecular complexity index is 801. The second kappa shape index (κ2) is 5.88. The maximum absolute atomic E-state index is 12.3. The van der Waals surface area contributed by atoms with Crippen LogP contribution in [0.15, 0.2) is 42.5 Å². The number of amides is 2. The molecule has 24 heavy (non-hydrogen) atoms. The highest BCUT2D eigenvalue weighted by molar-refractivity contribution is 6.05. The number of ether oxygens (including phenoxy) is 2. The molecule has 2 aromatic rings. The average Bonchev–Trinajstić information content (AvgIpc) is 3.23. The predicted molar refractivity (Wildman–Crippen MR) is 88.5 cm³/mol. The van der Waals surface area contributed by atoms with Crippen LogP contribution in [0.3, 0.4) is 0 Å². The van der Waals surface area contributed by atoms with Crippen molar-refractivity contribution in [1.29, 1.82) is 0 Å². The molecular formula is C18H16N2O4. The van der Waals surface area contributed by atoms with E-state index in [9.17, 15) is 9.59 Å². The third kappa shape index (κ3) is 2.67. The number of anilines is 2. The van der Waals surface area contributed by atoms with Crippen molar-refractivity contribution in [1.82, 2.24) is 0 Å². The van der Waals surface area contributed by atoms with E-state index in [4.69, 9.17) is 9.47 Å². The zero-order chi connectivity index (χ0) is 16.5. The number of rotatable bonds is 3. The van der Waals surface area contributed by atoms with Crippen molar-refractivity contribution in [2.24, 2.45) is 0 Å². The van der Waals surface area contributed by atoms with Crippen molar-refractivity contribution in [3.05, 3.63) is 48.0 Å². The molecule has 0 atom stereocenters. The molecule has 6 heteroatoms. The van der Waals surface area contributed by atoms with Crippen LogP contribution in [0.25, 0.3) is 0 Å². The highest BCUT2D eigenvalue weighted by Gasteiger charge is 2.21. The van der Waals surface area contributed by atoms with Crippen LogP contribution < -0.4 is 19.7 Å². The first-order valence-electron chi connectivity index (χ1n) is 7.82. The molecule has 4 rings (SSSR count). The summed E-state index contributed by atoms with van der Waals surface area (Å²) in [5, 5.41) is 2.84. The summed E-state index contributed by atoms with van der Waals surface area (Å²) in [5.74, 6) is 1.14. The van der Waals surface area contributed by atoms with Gasteiger partial charge in [-0.2, -0.15) is 0 Å². The summed E-state index contributed by atoms with van der Waals surface area (Å²) in [4.78, 5) is 25.9. The second-order valence-electron chi connectivity index (χ2n) is 5.72. The molecule has 122 valence electrons. The fourth-order valence-electron chi connectivity index (χ4n) is 2.89. The molecule has 1 N–H and O–H groups in total.